The van der Waals surface area contributed by atoms with Crippen molar-refractivity contribution in [1.82, 2.24) is 14.9 Å². The summed E-state index contributed by atoms with van der Waals surface area (Å²) in [4.78, 5) is 25.9. The highest BCUT2D eigenvalue weighted by Gasteiger charge is 2.28. The largest absolute Gasteiger partial charge is 0.438 e. The van der Waals surface area contributed by atoms with Crippen LogP contribution in [0, 0.1) is 5.82 Å². The summed E-state index contributed by atoms with van der Waals surface area (Å²) < 4.78 is 24.9. The fourth-order valence-corrected chi connectivity index (χ4v) is 4.33. The maximum atomic E-state index is 13.8. The minimum absolute atomic E-state index is 0.0154. The van der Waals surface area contributed by atoms with Crippen LogP contribution in [-0.4, -0.2) is 47.6 Å². The highest BCUT2D eigenvalue weighted by atomic mass is 19.1. The molecule has 0 unspecified atom stereocenters. The number of methoxy groups -OCH3 is 1. The molecule has 1 amide bonds. The summed E-state index contributed by atoms with van der Waals surface area (Å²) in [7, 11) is 1.50. The number of aromatic nitrogens is 2. The molecular weight excluding hydrogens is 423 g/mol. The maximum Gasteiger partial charge on any atom is 0.248 e. The number of ether oxygens (including phenoxy) is 2. The molecule has 2 aromatic carbocycles. The molecule has 1 aromatic heterocycles. The molecule has 8 heteroatoms. The van der Waals surface area contributed by atoms with Gasteiger partial charge in [-0.2, -0.15) is 4.98 Å². The lowest BCUT2D eigenvalue weighted by Gasteiger charge is -2.32. The smallest absolute Gasteiger partial charge is 0.248 e. The van der Waals surface area contributed by atoms with Crippen molar-refractivity contribution in [3.05, 3.63) is 76.7 Å². The van der Waals surface area contributed by atoms with E-state index in [0.29, 0.717) is 43.6 Å². The number of fused-ring (bicyclic) bond motifs is 2. The molecule has 2 aliphatic heterocycles. The van der Waals surface area contributed by atoms with Gasteiger partial charge >= 0.3 is 0 Å². The summed E-state index contributed by atoms with van der Waals surface area (Å²) in [5.41, 5.74) is 4.20. The summed E-state index contributed by atoms with van der Waals surface area (Å²) in [6.07, 6.45) is 1.50. The molecule has 0 aliphatic carbocycles. The summed E-state index contributed by atoms with van der Waals surface area (Å²) >= 11 is 0. The second kappa shape index (κ2) is 9.15. The van der Waals surface area contributed by atoms with Crippen molar-refractivity contribution in [3.8, 4) is 11.6 Å². The van der Waals surface area contributed by atoms with E-state index in [4.69, 9.17) is 19.4 Å². The molecule has 0 bridgehead atoms. The van der Waals surface area contributed by atoms with Crippen molar-refractivity contribution in [1.29, 1.82) is 0 Å². The standard InChI is InChI=1S/C25H25FN4O3/c1-32-16-23(31)29-12-10-22-21(15-29)24(33-20-8-4-7-19(26)13-20)28-25(27-22)30-11-9-17-5-2-3-6-18(17)14-30/h2-8,13H,9-12,14-16H2,1H3. The minimum Gasteiger partial charge on any atom is -0.438 e. The van der Waals surface area contributed by atoms with Gasteiger partial charge in [-0.05, 0) is 29.7 Å². The van der Waals surface area contributed by atoms with Crippen molar-refractivity contribution in [3.63, 3.8) is 0 Å². The molecule has 0 saturated carbocycles. The Balaban J connectivity index is 1.50. The molecule has 3 heterocycles. The van der Waals surface area contributed by atoms with Crippen molar-refractivity contribution in [2.45, 2.75) is 25.9 Å². The molecular formula is C25H25FN4O3. The van der Waals surface area contributed by atoms with Crippen LogP contribution >= 0.6 is 0 Å². The normalized spacial score (nSPS) is 15.1. The second-order valence-corrected chi connectivity index (χ2v) is 8.25. The molecule has 5 rings (SSSR count). The average Bonchev–Trinajstić information content (AvgIpc) is 2.83. The van der Waals surface area contributed by atoms with Gasteiger partial charge in [-0.3, -0.25) is 4.79 Å². The topological polar surface area (TPSA) is 67.8 Å². The Morgan fingerprint density at radius 2 is 1.88 bits per heavy atom. The summed E-state index contributed by atoms with van der Waals surface area (Å²) in [5.74, 6) is 0.809. The first-order valence-electron chi connectivity index (χ1n) is 11.0. The lowest BCUT2D eigenvalue weighted by Crippen LogP contribution is -2.39. The van der Waals surface area contributed by atoms with Crippen molar-refractivity contribution in [2.24, 2.45) is 0 Å². The zero-order valence-electron chi connectivity index (χ0n) is 18.5. The zero-order valence-corrected chi connectivity index (χ0v) is 18.5. The first-order valence-corrected chi connectivity index (χ1v) is 11.0. The van der Waals surface area contributed by atoms with Gasteiger partial charge in [0, 0.05) is 39.2 Å². The molecule has 170 valence electrons. The van der Waals surface area contributed by atoms with Gasteiger partial charge in [-0.1, -0.05) is 30.3 Å². The van der Waals surface area contributed by atoms with Crippen LogP contribution in [0.15, 0.2) is 48.5 Å². The third kappa shape index (κ3) is 4.52. The van der Waals surface area contributed by atoms with Crippen LogP contribution in [0.3, 0.4) is 0 Å². The van der Waals surface area contributed by atoms with Crippen LogP contribution in [0.25, 0.3) is 0 Å². The zero-order chi connectivity index (χ0) is 22.8. The number of hydrogen-bond acceptors (Lipinski definition) is 6. The Morgan fingerprint density at radius 3 is 2.70 bits per heavy atom. The van der Waals surface area contributed by atoms with Crippen LogP contribution in [0.1, 0.15) is 22.4 Å². The number of rotatable bonds is 5. The second-order valence-electron chi connectivity index (χ2n) is 8.25. The first-order chi connectivity index (χ1) is 16.1. The minimum atomic E-state index is -0.389. The van der Waals surface area contributed by atoms with E-state index in [1.54, 1.807) is 17.0 Å². The highest BCUT2D eigenvalue weighted by molar-refractivity contribution is 5.77. The highest BCUT2D eigenvalue weighted by Crippen LogP contribution is 2.33. The van der Waals surface area contributed by atoms with Crippen molar-refractivity contribution in [2.75, 3.05) is 31.7 Å². The predicted molar refractivity (Wildman–Crippen MR) is 121 cm³/mol. The van der Waals surface area contributed by atoms with Gasteiger partial charge < -0.3 is 19.3 Å². The lowest BCUT2D eigenvalue weighted by atomic mass is 10.0. The van der Waals surface area contributed by atoms with Gasteiger partial charge in [0.2, 0.25) is 17.7 Å². The third-order valence-electron chi connectivity index (χ3n) is 6.06. The van der Waals surface area contributed by atoms with E-state index in [-0.39, 0.29) is 18.3 Å². The van der Waals surface area contributed by atoms with Crippen molar-refractivity contribution < 1.29 is 18.7 Å². The fourth-order valence-electron chi connectivity index (χ4n) is 4.33. The molecule has 0 N–H and O–H groups in total. The average molecular weight is 448 g/mol. The Labute approximate surface area is 191 Å². The van der Waals surface area contributed by atoms with E-state index in [1.165, 1.54) is 30.4 Å². The number of hydrogen-bond donors (Lipinski definition) is 0. The van der Waals surface area contributed by atoms with Gasteiger partial charge in [0.25, 0.3) is 0 Å². The molecule has 33 heavy (non-hydrogen) atoms. The molecule has 0 atom stereocenters. The van der Waals surface area contributed by atoms with Crippen LogP contribution in [0.4, 0.5) is 10.3 Å². The summed E-state index contributed by atoms with van der Waals surface area (Å²) in [6, 6.07) is 14.4. The molecule has 0 radical (unpaired) electrons. The molecule has 0 fully saturated rings. The number of carbonyl (C=O) groups is 1. The number of halogens is 1. The van der Waals surface area contributed by atoms with Gasteiger partial charge in [0.05, 0.1) is 17.8 Å². The molecule has 7 nitrogen and oxygen atoms in total. The lowest BCUT2D eigenvalue weighted by molar-refractivity contribution is -0.136. The summed E-state index contributed by atoms with van der Waals surface area (Å²) in [6.45, 7) is 2.40. The van der Waals surface area contributed by atoms with E-state index in [1.807, 2.05) is 6.07 Å². The Morgan fingerprint density at radius 1 is 1.03 bits per heavy atom. The van der Waals surface area contributed by atoms with Crippen LogP contribution < -0.4 is 9.64 Å². The van der Waals surface area contributed by atoms with E-state index in [0.717, 1.165) is 24.2 Å². The summed E-state index contributed by atoms with van der Waals surface area (Å²) in [5, 5.41) is 0. The SMILES string of the molecule is COCC(=O)N1CCc2nc(N3CCc4ccccc4C3)nc(Oc3cccc(F)c3)c2C1. The van der Waals surface area contributed by atoms with Gasteiger partial charge in [-0.25, -0.2) is 9.37 Å². The van der Waals surface area contributed by atoms with Crippen LogP contribution in [0.2, 0.25) is 0 Å². The van der Waals surface area contributed by atoms with Crippen molar-refractivity contribution >= 4 is 11.9 Å². The number of nitrogens with zero attached hydrogens (tertiary/aromatic N) is 4. The molecule has 3 aromatic rings. The van der Waals surface area contributed by atoms with E-state index in [2.05, 4.69) is 23.1 Å². The number of benzene rings is 2. The third-order valence-corrected chi connectivity index (χ3v) is 6.06. The van der Waals surface area contributed by atoms with E-state index >= 15 is 0 Å². The van der Waals surface area contributed by atoms with Crippen LogP contribution in [-0.2, 0) is 35.5 Å². The number of carbonyl (C=O) groups excluding carboxylic acids is 1. The van der Waals surface area contributed by atoms with Gasteiger partial charge in [0.15, 0.2) is 0 Å². The number of amides is 1. The monoisotopic (exact) mass is 448 g/mol. The first kappa shape index (κ1) is 21.3. The van der Waals surface area contributed by atoms with Gasteiger partial charge in [0.1, 0.15) is 18.2 Å². The molecule has 0 saturated heterocycles. The maximum absolute atomic E-state index is 13.8. The van der Waals surface area contributed by atoms with E-state index in [9.17, 15) is 9.18 Å². The Hall–Kier alpha value is -3.52. The Bertz CT molecular complexity index is 1190. The Kier molecular flexibility index (Phi) is 5.92. The fraction of sp³-hybridized carbons (Fsp3) is 0.320. The molecule has 2 aliphatic rings. The van der Waals surface area contributed by atoms with E-state index < -0.39 is 0 Å². The van der Waals surface area contributed by atoms with Crippen LogP contribution in [0.5, 0.6) is 11.6 Å². The number of anilines is 1. The molecule has 0 spiro atoms. The quantitative estimate of drug-likeness (QED) is 0.595. The van der Waals surface area contributed by atoms with Gasteiger partial charge in [-0.15, -0.1) is 0 Å². The predicted octanol–water partition coefficient (Wildman–Crippen LogP) is 3.50.